The summed E-state index contributed by atoms with van der Waals surface area (Å²) >= 11 is 6.95. The average Bonchev–Trinajstić information content (AvgIpc) is 2.71. The second-order valence-electron chi connectivity index (χ2n) is 5.73. The lowest BCUT2D eigenvalue weighted by atomic mass is 10.1. The summed E-state index contributed by atoms with van der Waals surface area (Å²) in [7, 11) is 1.47. The molecule has 0 heterocycles. The lowest BCUT2D eigenvalue weighted by Gasteiger charge is -2.12. The standard InChI is InChI=1S/C20H16Br2N2O4/c1-27-16-5-3-2-4-15(16)20(26)24-23-18(25)11-28-17-9-6-12-10-13(21)7-8-14(12)19(17)22/h2-10H,11H2,1H3,(H,23,25)(H,24,26). The largest absolute Gasteiger partial charge is 0.496 e. The second kappa shape index (κ2) is 9.07. The summed E-state index contributed by atoms with van der Waals surface area (Å²) in [6, 6.07) is 16.3. The van der Waals surface area contributed by atoms with Crippen molar-refractivity contribution in [1.29, 1.82) is 0 Å². The molecule has 144 valence electrons. The van der Waals surface area contributed by atoms with Crippen molar-refractivity contribution in [1.82, 2.24) is 10.9 Å². The molecule has 0 bridgehead atoms. The fraction of sp³-hybridized carbons (Fsp3) is 0.100. The third-order valence-electron chi connectivity index (χ3n) is 3.91. The SMILES string of the molecule is COc1ccccc1C(=O)NNC(=O)COc1ccc2cc(Br)ccc2c1Br. The van der Waals surface area contributed by atoms with Crippen LogP contribution in [0.2, 0.25) is 0 Å². The zero-order chi connectivity index (χ0) is 20.1. The number of amides is 2. The molecule has 0 aliphatic carbocycles. The Morgan fingerprint density at radius 2 is 1.75 bits per heavy atom. The highest BCUT2D eigenvalue weighted by Gasteiger charge is 2.13. The van der Waals surface area contributed by atoms with E-state index in [9.17, 15) is 9.59 Å². The van der Waals surface area contributed by atoms with Gasteiger partial charge in [0.2, 0.25) is 0 Å². The van der Waals surface area contributed by atoms with Crippen LogP contribution in [0.4, 0.5) is 0 Å². The van der Waals surface area contributed by atoms with Crippen LogP contribution in [-0.4, -0.2) is 25.5 Å². The molecule has 0 unspecified atom stereocenters. The molecule has 6 nitrogen and oxygen atoms in total. The highest BCUT2D eigenvalue weighted by molar-refractivity contribution is 9.11. The van der Waals surface area contributed by atoms with Crippen LogP contribution in [0.25, 0.3) is 10.8 Å². The predicted molar refractivity (Wildman–Crippen MR) is 113 cm³/mol. The molecule has 0 radical (unpaired) electrons. The maximum Gasteiger partial charge on any atom is 0.276 e. The molecule has 0 saturated heterocycles. The first-order valence-electron chi connectivity index (χ1n) is 8.22. The molecule has 0 saturated carbocycles. The van der Waals surface area contributed by atoms with Gasteiger partial charge in [-0.1, -0.05) is 40.2 Å². The van der Waals surface area contributed by atoms with Crippen molar-refractivity contribution in [3.8, 4) is 11.5 Å². The van der Waals surface area contributed by atoms with Crippen molar-refractivity contribution in [2.75, 3.05) is 13.7 Å². The van der Waals surface area contributed by atoms with Gasteiger partial charge < -0.3 is 9.47 Å². The summed E-state index contributed by atoms with van der Waals surface area (Å²) < 4.78 is 12.4. The number of methoxy groups -OCH3 is 1. The quantitative estimate of drug-likeness (QED) is 0.507. The van der Waals surface area contributed by atoms with Gasteiger partial charge in [0.25, 0.3) is 11.8 Å². The molecular formula is C20H16Br2N2O4. The van der Waals surface area contributed by atoms with Gasteiger partial charge in [0, 0.05) is 4.47 Å². The predicted octanol–water partition coefficient (Wildman–Crippen LogP) is 4.21. The Hall–Kier alpha value is -2.58. The number of halogens is 2. The smallest absolute Gasteiger partial charge is 0.276 e. The minimum atomic E-state index is -0.494. The number of rotatable bonds is 5. The Balaban J connectivity index is 1.59. The van der Waals surface area contributed by atoms with E-state index in [-0.39, 0.29) is 6.61 Å². The molecule has 3 aromatic carbocycles. The van der Waals surface area contributed by atoms with Crippen LogP contribution in [0.3, 0.4) is 0 Å². The number of ether oxygens (including phenoxy) is 2. The van der Waals surface area contributed by atoms with Gasteiger partial charge in [-0.2, -0.15) is 0 Å². The fourth-order valence-electron chi connectivity index (χ4n) is 2.56. The van der Waals surface area contributed by atoms with E-state index in [1.807, 2.05) is 24.3 Å². The van der Waals surface area contributed by atoms with Crippen LogP contribution in [0.1, 0.15) is 10.4 Å². The van der Waals surface area contributed by atoms with Gasteiger partial charge in [-0.15, -0.1) is 0 Å². The highest BCUT2D eigenvalue weighted by atomic mass is 79.9. The van der Waals surface area contributed by atoms with E-state index in [2.05, 4.69) is 42.7 Å². The first-order valence-corrected chi connectivity index (χ1v) is 9.81. The number of hydrazine groups is 1. The molecular weight excluding hydrogens is 492 g/mol. The van der Waals surface area contributed by atoms with E-state index in [0.29, 0.717) is 17.1 Å². The number of fused-ring (bicyclic) bond motifs is 1. The monoisotopic (exact) mass is 506 g/mol. The van der Waals surface area contributed by atoms with E-state index in [1.54, 1.807) is 30.3 Å². The Labute approximate surface area is 178 Å². The Kier molecular flexibility index (Phi) is 6.53. The lowest BCUT2D eigenvalue weighted by molar-refractivity contribution is -0.123. The normalized spacial score (nSPS) is 10.4. The van der Waals surface area contributed by atoms with E-state index in [4.69, 9.17) is 9.47 Å². The fourth-order valence-corrected chi connectivity index (χ4v) is 3.55. The summed E-state index contributed by atoms with van der Waals surface area (Å²) in [5, 5.41) is 1.99. The zero-order valence-corrected chi connectivity index (χ0v) is 18.0. The zero-order valence-electron chi connectivity index (χ0n) is 14.8. The number of carbonyl (C=O) groups is 2. The van der Waals surface area contributed by atoms with E-state index < -0.39 is 11.8 Å². The Bertz CT molecular complexity index is 1040. The summed E-state index contributed by atoms with van der Waals surface area (Å²) in [4.78, 5) is 24.2. The van der Waals surface area contributed by atoms with Gasteiger partial charge in [-0.25, -0.2) is 0 Å². The molecule has 0 aliphatic rings. The summed E-state index contributed by atoms with van der Waals surface area (Å²) in [5.41, 5.74) is 4.99. The van der Waals surface area contributed by atoms with Crippen molar-refractivity contribution in [3.63, 3.8) is 0 Å². The number of nitrogens with one attached hydrogen (secondary N) is 2. The maximum atomic E-state index is 12.2. The van der Waals surface area contributed by atoms with Crippen molar-refractivity contribution >= 4 is 54.4 Å². The van der Waals surface area contributed by atoms with Crippen molar-refractivity contribution in [3.05, 3.63) is 69.1 Å². The van der Waals surface area contributed by atoms with Crippen LogP contribution in [0.5, 0.6) is 11.5 Å². The molecule has 0 spiro atoms. The van der Waals surface area contributed by atoms with E-state index in [1.165, 1.54) is 7.11 Å². The number of benzene rings is 3. The van der Waals surface area contributed by atoms with Gasteiger partial charge >= 0.3 is 0 Å². The minimum absolute atomic E-state index is 0.257. The lowest BCUT2D eigenvalue weighted by Crippen LogP contribution is -2.43. The molecule has 3 aromatic rings. The third-order valence-corrected chi connectivity index (χ3v) is 5.22. The van der Waals surface area contributed by atoms with Crippen molar-refractivity contribution in [2.45, 2.75) is 0 Å². The average molecular weight is 508 g/mol. The summed E-state index contributed by atoms with van der Waals surface area (Å²) in [5.74, 6) is -0.0347. The van der Waals surface area contributed by atoms with E-state index in [0.717, 1.165) is 19.7 Å². The minimum Gasteiger partial charge on any atom is -0.496 e. The molecule has 3 rings (SSSR count). The van der Waals surface area contributed by atoms with Crippen LogP contribution in [0, 0.1) is 0 Å². The first kappa shape index (κ1) is 20.2. The summed E-state index contributed by atoms with van der Waals surface area (Å²) in [6.07, 6.45) is 0. The Morgan fingerprint density at radius 1 is 0.964 bits per heavy atom. The topological polar surface area (TPSA) is 76.7 Å². The van der Waals surface area contributed by atoms with Gasteiger partial charge in [-0.05, 0) is 57.0 Å². The van der Waals surface area contributed by atoms with Gasteiger partial charge in [0.05, 0.1) is 17.1 Å². The van der Waals surface area contributed by atoms with Gasteiger partial charge in [0.15, 0.2) is 6.61 Å². The molecule has 0 atom stereocenters. The molecule has 8 heteroatoms. The first-order chi connectivity index (χ1) is 13.5. The molecule has 2 N–H and O–H groups in total. The second-order valence-corrected chi connectivity index (χ2v) is 7.44. The van der Waals surface area contributed by atoms with Crippen molar-refractivity contribution in [2.24, 2.45) is 0 Å². The number of hydrogen-bond donors (Lipinski definition) is 2. The number of para-hydroxylation sites is 1. The molecule has 2 amide bonds. The van der Waals surface area contributed by atoms with Crippen LogP contribution < -0.4 is 20.3 Å². The van der Waals surface area contributed by atoms with Crippen LogP contribution in [-0.2, 0) is 4.79 Å². The molecule has 28 heavy (non-hydrogen) atoms. The van der Waals surface area contributed by atoms with Crippen LogP contribution >= 0.6 is 31.9 Å². The van der Waals surface area contributed by atoms with Gasteiger partial charge in [-0.3, -0.25) is 20.4 Å². The molecule has 0 aromatic heterocycles. The molecule has 0 fully saturated rings. The number of carbonyl (C=O) groups excluding carboxylic acids is 2. The highest BCUT2D eigenvalue weighted by Crippen LogP contribution is 2.34. The Morgan fingerprint density at radius 3 is 2.54 bits per heavy atom. The van der Waals surface area contributed by atoms with Crippen molar-refractivity contribution < 1.29 is 19.1 Å². The third kappa shape index (κ3) is 4.63. The summed E-state index contributed by atoms with van der Waals surface area (Å²) in [6.45, 7) is -0.257. The van der Waals surface area contributed by atoms with E-state index >= 15 is 0 Å². The molecule has 0 aliphatic heterocycles. The number of hydrogen-bond acceptors (Lipinski definition) is 4. The maximum absolute atomic E-state index is 12.2. The van der Waals surface area contributed by atoms with Gasteiger partial charge in [0.1, 0.15) is 11.5 Å². The van der Waals surface area contributed by atoms with Crippen LogP contribution in [0.15, 0.2) is 63.5 Å².